The highest BCUT2D eigenvalue weighted by Gasteiger charge is 2.20. The van der Waals surface area contributed by atoms with Gasteiger partial charge in [0.1, 0.15) is 0 Å². The Morgan fingerprint density at radius 1 is 1.35 bits per heavy atom. The van der Waals surface area contributed by atoms with Crippen LogP contribution in [-0.2, 0) is 6.54 Å². The van der Waals surface area contributed by atoms with Crippen LogP contribution in [0.5, 0.6) is 0 Å². The number of rotatable bonds is 4. The minimum atomic E-state index is 0.697. The van der Waals surface area contributed by atoms with Crippen molar-refractivity contribution in [2.75, 3.05) is 19.6 Å². The van der Waals surface area contributed by atoms with Crippen molar-refractivity contribution in [1.29, 1.82) is 0 Å². The van der Waals surface area contributed by atoms with Gasteiger partial charge in [-0.2, -0.15) is 0 Å². The molecule has 1 aromatic rings. The van der Waals surface area contributed by atoms with Crippen LogP contribution < -0.4 is 5.32 Å². The lowest BCUT2D eigenvalue weighted by molar-refractivity contribution is 0.210. The van der Waals surface area contributed by atoms with Gasteiger partial charge in [0.15, 0.2) is 0 Å². The number of benzene rings is 1. The molecule has 0 aliphatic carbocycles. The minimum Gasteiger partial charge on any atom is -0.315 e. The molecule has 1 heterocycles. The molecule has 1 atom stereocenters. The fourth-order valence-corrected chi connectivity index (χ4v) is 3.00. The first-order valence-electron chi connectivity index (χ1n) is 6.09. The van der Waals surface area contributed by atoms with Crippen molar-refractivity contribution in [2.45, 2.75) is 25.9 Å². The standard InChI is InChI=1S/C13H18Br2N2/c1-2-17(11-5-6-16-8-11)9-10-3-4-12(14)13(15)7-10/h3-4,7,11,16H,2,5-6,8-9H2,1H3. The van der Waals surface area contributed by atoms with Crippen LogP contribution >= 0.6 is 31.9 Å². The Balaban J connectivity index is 2.04. The van der Waals surface area contributed by atoms with Gasteiger partial charge in [-0.1, -0.05) is 13.0 Å². The van der Waals surface area contributed by atoms with Crippen molar-refractivity contribution in [2.24, 2.45) is 0 Å². The van der Waals surface area contributed by atoms with Crippen LogP contribution in [-0.4, -0.2) is 30.6 Å². The fraction of sp³-hybridized carbons (Fsp3) is 0.538. The maximum Gasteiger partial charge on any atom is 0.0320 e. The second-order valence-corrected chi connectivity index (χ2v) is 6.17. The monoisotopic (exact) mass is 360 g/mol. The quantitative estimate of drug-likeness (QED) is 0.884. The van der Waals surface area contributed by atoms with Crippen LogP contribution in [0.3, 0.4) is 0 Å². The zero-order chi connectivity index (χ0) is 12.3. The summed E-state index contributed by atoms with van der Waals surface area (Å²) in [4.78, 5) is 2.55. The van der Waals surface area contributed by atoms with E-state index in [1.54, 1.807) is 0 Å². The van der Waals surface area contributed by atoms with Gasteiger partial charge in [-0.3, -0.25) is 4.90 Å². The van der Waals surface area contributed by atoms with Crippen LogP contribution in [0.25, 0.3) is 0 Å². The summed E-state index contributed by atoms with van der Waals surface area (Å²) in [6, 6.07) is 7.21. The Labute approximate surface area is 120 Å². The summed E-state index contributed by atoms with van der Waals surface area (Å²) in [7, 11) is 0. The number of nitrogens with zero attached hydrogens (tertiary/aromatic N) is 1. The third-order valence-electron chi connectivity index (χ3n) is 3.33. The van der Waals surface area contributed by atoms with E-state index in [9.17, 15) is 0 Å². The molecule has 0 aromatic heterocycles. The predicted octanol–water partition coefficient (Wildman–Crippen LogP) is 3.40. The third kappa shape index (κ3) is 3.53. The van der Waals surface area contributed by atoms with Crippen molar-refractivity contribution >= 4 is 31.9 Å². The van der Waals surface area contributed by atoms with Crippen LogP contribution in [0.15, 0.2) is 27.1 Å². The fourth-order valence-electron chi connectivity index (χ4n) is 2.32. The lowest BCUT2D eigenvalue weighted by atomic mass is 10.1. The Morgan fingerprint density at radius 3 is 2.76 bits per heavy atom. The average molecular weight is 362 g/mol. The van der Waals surface area contributed by atoms with Gasteiger partial charge in [-0.05, 0) is 69.1 Å². The van der Waals surface area contributed by atoms with Crippen molar-refractivity contribution < 1.29 is 0 Å². The van der Waals surface area contributed by atoms with Crippen LogP contribution in [0.4, 0.5) is 0 Å². The first-order chi connectivity index (χ1) is 8.20. The molecule has 2 nitrogen and oxygen atoms in total. The SMILES string of the molecule is CCN(Cc1ccc(Br)c(Br)c1)C1CCNC1. The molecule has 1 aromatic carbocycles. The highest BCUT2D eigenvalue weighted by molar-refractivity contribution is 9.13. The summed E-state index contributed by atoms with van der Waals surface area (Å²) in [6.45, 7) is 6.68. The van der Waals surface area contributed by atoms with Crippen LogP contribution in [0.1, 0.15) is 18.9 Å². The average Bonchev–Trinajstić information content (AvgIpc) is 2.84. The zero-order valence-corrected chi connectivity index (χ0v) is 13.2. The van der Waals surface area contributed by atoms with Crippen LogP contribution in [0.2, 0.25) is 0 Å². The molecule has 0 spiro atoms. The highest BCUT2D eigenvalue weighted by Crippen LogP contribution is 2.25. The van der Waals surface area contributed by atoms with Crippen molar-refractivity contribution in [1.82, 2.24) is 10.2 Å². The van der Waals surface area contributed by atoms with Crippen molar-refractivity contribution in [3.63, 3.8) is 0 Å². The van der Waals surface area contributed by atoms with Gasteiger partial charge in [0.2, 0.25) is 0 Å². The summed E-state index contributed by atoms with van der Waals surface area (Å²) >= 11 is 7.07. The second-order valence-electron chi connectivity index (χ2n) is 4.46. The molecule has 1 fully saturated rings. The van der Waals surface area contributed by atoms with Gasteiger partial charge >= 0.3 is 0 Å². The molecule has 4 heteroatoms. The Hall–Kier alpha value is 0.1000. The van der Waals surface area contributed by atoms with E-state index in [0.717, 1.165) is 35.1 Å². The molecular formula is C13H18Br2N2. The Morgan fingerprint density at radius 2 is 2.18 bits per heavy atom. The lowest BCUT2D eigenvalue weighted by Crippen LogP contribution is -2.36. The van der Waals surface area contributed by atoms with Gasteiger partial charge in [0.25, 0.3) is 0 Å². The van der Waals surface area contributed by atoms with Gasteiger partial charge in [-0.15, -0.1) is 0 Å². The van der Waals surface area contributed by atoms with Gasteiger partial charge < -0.3 is 5.32 Å². The molecule has 0 radical (unpaired) electrons. The summed E-state index contributed by atoms with van der Waals surface area (Å²) < 4.78 is 2.25. The maximum absolute atomic E-state index is 3.56. The van der Waals surface area contributed by atoms with E-state index in [1.807, 2.05) is 0 Å². The molecule has 1 unspecified atom stereocenters. The molecule has 17 heavy (non-hydrogen) atoms. The molecule has 0 saturated carbocycles. The minimum absolute atomic E-state index is 0.697. The van der Waals surface area contributed by atoms with E-state index in [0.29, 0.717) is 6.04 Å². The largest absolute Gasteiger partial charge is 0.315 e. The smallest absolute Gasteiger partial charge is 0.0320 e. The summed E-state index contributed by atoms with van der Waals surface area (Å²) in [5.41, 5.74) is 1.37. The topological polar surface area (TPSA) is 15.3 Å². The van der Waals surface area contributed by atoms with Gasteiger partial charge in [0.05, 0.1) is 0 Å². The Bertz CT molecular complexity index is 376. The van der Waals surface area contributed by atoms with E-state index in [1.165, 1.54) is 12.0 Å². The van der Waals surface area contributed by atoms with Gasteiger partial charge in [0, 0.05) is 28.1 Å². The molecule has 0 amide bonds. The molecular weight excluding hydrogens is 344 g/mol. The summed E-state index contributed by atoms with van der Waals surface area (Å²) in [5.74, 6) is 0. The molecule has 1 aliphatic heterocycles. The van der Waals surface area contributed by atoms with Crippen molar-refractivity contribution in [3.05, 3.63) is 32.7 Å². The number of hydrogen-bond acceptors (Lipinski definition) is 2. The van der Waals surface area contributed by atoms with Crippen LogP contribution in [0, 0.1) is 0 Å². The highest BCUT2D eigenvalue weighted by atomic mass is 79.9. The maximum atomic E-state index is 3.56. The first-order valence-corrected chi connectivity index (χ1v) is 7.68. The van der Waals surface area contributed by atoms with E-state index >= 15 is 0 Å². The number of nitrogens with one attached hydrogen (secondary N) is 1. The number of hydrogen-bond donors (Lipinski definition) is 1. The van der Waals surface area contributed by atoms with E-state index in [2.05, 4.69) is 67.2 Å². The lowest BCUT2D eigenvalue weighted by Gasteiger charge is -2.27. The second kappa shape index (κ2) is 6.32. The predicted molar refractivity (Wildman–Crippen MR) is 79.2 cm³/mol. The van der Waals surface area contributed by atoms with Gasteiger partial charge in [-0.25, -0.2) is 0 Å². The third-order valence-corrected chi connectivity index (χ3v) is 5.21. The zero-order valence-electron chi connectivity index (χ0n) is 10.0. The van der Waals surface area contributed by atoms with E-state index in [4.69, 9.17) is 0 Å². The molecule has 2 rings (SSSR count). The van der Waals surface area contributed by atoms with E-state index in [-0.39, 0.29) is 0 Å². The van der Waals surface area contributed by atoms with Crippen molar-refractivity contribution in [3.8, 4) is 0 Å². The molecule has 0 bridgehead atoms. The molecule has 1 aliphatic rings. The molecule has 1 saturated heterocycles. The summed E-state index contributed by atoms with van der Waals surface area (Å²) in [6.07, 6.45) is 1.27. The molecule has 94 valence electrons. The number of likely N-dealkylation sites (N-methyl/N-ethyl adjacent to an activating group) is 1. The van der Waals surface area contributed by atoms with E-state index < -0.39 is 0 Å². The molecule has 1 N–H and O–H groups in total. The Kier molecular flexibility index (Phi) is 5.03. The summed E-state index contributed by atoms with van der Waals surface area (Å²) in [5, 5.41) is 3.43. The normalized spacial score (nSPS) is 20.1. The number of halogens is 2. The first kappa shape index (κ1) is 13.5.